The first kappa shape index (κ1) is 20.8. The predicted octanol–water partition coefficient (Wildman–Crippen LogP) is 5.31. The number of phenols is 1. The van der Waals surface area contributed by atoms with Crippen molar-refractivity contribution in [1.82, 2.24) is 14.8 Å². The molecule has 2 N–H and O–H groups in total. The van der Waals surface area contributed by atoms with Gasteiger partial charge in [0.05, 0.1) is 0 Å². The lowest BCUT2D eigenvalue weighted by atomic mass is 9.81. The lowest BCUT2D eigenvalue weighted by Gasteiger charge is -2.42. The molecule has 1 aromatic heterocycles. The third-order valence-electron chi connectivity index (χ3n) is 6.17. The number of nitrogens with one attached hydrogen (secondary N) is 1. The minimum absolute atomic E-state index is 0.0964. The number of hydrogen-bond donors (Lipinski definition) is 2. The zero-order chi connectivity index (χ0) is 22.1. The second-order valence-electron chi connectivity index (χ2n) is 8.07. The Bertz CT molecular complexity index is 1250. The number of phenolic OH excluding ortho intramolecular Hbond substituents is 1. The monoisotopic (exact) mass is 565 g/mol. The summed E-state index contributed by atoms with van der Waals surface area (Å²) in [6.45, 7) is 1.81. The maximum atomic E-state index is 13.6. The number of halogens is 3. The molecule has 3 heterocycles. The first-order valence-electron chi connectivity index (χ1n) is 9.72. The summed E-state index contributed by atoms with van der Waals surface area (Å²) in [6.07, 6.45) is 0.362. The van der Waals surface area contributed by atoms with Gasteiger partial charge in [-0.2, -0.15) is 0 Å². The van der Waals surface area contributed by atoms with Crippen molar-refractivity contribution in [2.75, 3.05) is 5.33 Å². The molecule has 1 fully saturated rings. The fourth-order valence-electron chi connectivity index (χ4n) is 4.80. The molecule has 0 aliphatic carbocycles. The van der Waals surface area contributed by atoms with Crippen LogP contribution in [0, 0.1) is 0 Å². The number of amides is 3. The Morgan fingerprint density at radius 3 is 2.77 bits per heavy atom. The fourth-order valence-corrected chi connectivity index (χ4v) is 5.62. The number of aromatic amines is 1. The van der Waals surface area contributed by atoms with Gasteiger partial charge in [0, 0.05) is 33.4 Å². The number of fused-ring (bicyclic) bond motifs is 4. The largest absolute Gasteiger partial charge is 0.508 e. The number of hydrogen-bond acceptors (Lipinski definition) is 3. The molecule has 3 aromatic rings. The summed E-state index contributed by atoms with van der Waals surface area (Å²) >= 11 is 13.1. The fraction of sp³-hybridized carbons (Fsp3) is 0.273. The smallest absolute Gasteiger partial charge is 0.329 e. The summed E-state index contributed by atoms with van der Waals surface area (Å²) in [5.41, 5.74) is 2.31. The Kier molecular flexibility index (Phi) is 4.88. The van der Waals surface area contributed by atoms with Crippen molar-refractivity contribution in [1.29, 1.82) is 0 Å². The van der Waals surface area contributed by atoms with E-state index in [1.807, 2.05) is 31.2 Å². The Morgan fingerprint density at radius 1 is 1.29 bits per heavy atom. The summed E-state index contributed by atoms with van der Waals surface area (Å²) in [6, 6.07) is 11.5. The van der Waals surface area contributed by atoms with Crippen LogP contribution in [0.1, 0.15) is 29.8 Å². The van der Waals surface area contributed by atoms with Gasteiger partial charge in [-0.05, 0) is 48.4 Å². The van der Waals surface area contributed by atoms with E-state index < -0.39 is 16.5 Å². The molecule has 2 aromatic carbocycles. The number of benzene rings is 2. The molecule has 0 radical (unpaired) electrons. The van der Waals surface area contributed by atoms with Crippen LogP contribution in [0.3, 0.4) is 0 Å². The molecule has 2 aliphatic rings. The highest BCUT2D eigenvalue weighted by Crippen LogP contribution is 2.49. The summed E-state index contributed by atoms with van der Waals surface area (Å²) in [5, 5.41) is 12.1. The van der Waals surface area contributed by atoms with Gasteiger partial charge in [-0.3, -0.25) is 9.69 Å². The van der Waals surface area contributed by atoms with E-state index in [1.165, 1.54) is 4.90 Å². The zero-order valence-electron chi connectivity index (χ0n) is 16.4. The average molecular weight is 568 g/mol. The van der Waals surface area contributed by atoms with Crippen LogP contribution in [0.5, 0.6) is 5.75 Å². The van der Waals surface area contributed by atoms with Gasteiger partial charge in [-0.15, -0.1) is 0 Å². The molecule has 0 spiro atoms. The van der Waals surface area contributed by atoms with Crippen LogP contribution < -0.4 is 0 Å². The predicted molar refractivity (Wildman–Crippen MR) is 126 cm³/mol. The molecule has 3 atom stereocenters. The third kappa shape index (κ3) is 2.95. The van der Waals surface area contributed by atoms with Crippen molar-refractivity contribution >= 4 is 66.3 Å². The number of aromatic nitrogens is 1. The van der Waals surface area contributed by atoms with E-state index in [9.17, 15) is 14.7 Å². The molecule has 1 saturated heterocycles. The number of rotatable bonds is 3. The van der Waals surface area contributed by atoms with Crippen molar-refractivity contribution in [3.63, 3.8) is 0 Å². The number of carbonyl (C=O) groups excluding carboxylic acids is 2. The van der Waals surface area contributed by atoms with E-state index in [1.54, 1.807) is 23.1 Å². The van der Waals surface area contributed by atoms with E-state index >= 15 is 0 Å². The summed E-state index contributed by atoms with van der Waals surface area (Å²) in [7, 11) is 0. The molecule has 1 unspecified atom stereocenters. The van der Waals surface area contributed by atoms with Gasteiger partial charge in [0.15, 0.2) is 0 Å². The highest BCUT2D eigenvalue weighted by Gasteiger charge is 2.61. The van der Waals surface area contributed by atoms with Crippen molar-refractivity contribution < 1.29 is 14.7 Å². The highest BCUT2D eigenvalue weighted by atomic mass is 79.9. The van der Waals surface area contributed by atoms with Gasteiger partial charge in [-0.1, -0.05) is 55.6 Å². The summed E-state index contributed by atoms with van der Waals surface area (Å²) in [4.78, 5) is 33.1. The van der Waals surface area contributed by atoms with Crippen LogP contribution in [0.2, 0.25) is 5.02 Å². The van der Waals surface area contributed by atoms with Crippen molar-refractivity contribution in [2.24, 2.45) is 0 Å². The molecule has 0 saturated carbocycles. The number of nitrogens with zero attached hydrogens (tertiary/aromatic N) is 2. The second-order valence-corrected chi connectivity index (χ2v) is 10.2. The van der Waals surface area contributed by atoms with E-state index in [-0.39, 0.29) is 17.7 Å². The Balaban J connectivity index is 1.79. The molecule has 5 rings (SSSR count). The molecule has 6 nitrogen and oxygen atoms in total. The van der Waals surface area contributed by atoms with Gasteiger partial charge >= 0.3 is 6.03 Å². The molecular formula is C22H18Br2ClN3O3. The van der Waals surface area contributed by atoms with Crippen LogP contribution in [0.25, 0.3) is 10.9 Å². The average Bonchev–Trinajstić information content (AvgIpc) is 3.18. The molecule has 2 aliphatic heterocycles. The van der Waals surface area contributed by atoms with Crippen LogP contribution in [0.15, 0.2) is 42.5 Å². The maximum Gasteiger partial charge on any atom is 0.329 e. The van der Waals surface area contributed by atoms with E-state index in [0.29, 0.717) is 16.8 Å². The number of H-pyrrole nitrogens is 1. The van der Waals surface area contributed by atoms with E-state index in [0.717, 1.165) is 27.7 Å². The van der Waals surface area contributed by atoms with E-state index in [2.05, 4.69) is 36.8 Å². The van der Waals surface area contributed by atoms with Gasteiger partial charge in [0.1, 0.15) is 22.3 Å². The van der Waals surface area contributed by atoms with Gasteiger partial charge in [0.2, 0.25) is 0 Å². The van der Waals surface area contributed by atoms with Gasteiger partial charge in [-0.25, -0.2) is 9.69 Å². The maximum absolute atomic E-state index is 13.6. The molecule has 3 amide bonds. The van der Waals surface area contributed by atoms with Crippen LogP contribution in [-0.2, 0) is 11.2 Å². The minimum Gasteiger partial charge on any atom is -0.508 e. The second kappa shape index (κ2) is 7.25. The number of carbonyl (C=O) groups is 2. The van der Waals surface area contributed by atoms with Crippen LogP contribution in [-0.4, -0.2) is 47.6 Å². The Morgan fingerprint density at radius 2 is 2.06 bits per heavy atom. The van der Waals surface area contributed by atoms with Crippen LogP contribution >= 0.6 is 43.5 Å². The lowest BCUT2D eigenvalue weighted by Crippen LogP contribution is -2.53. The number of aromatic hydroxyl groups is 1. The van der Waals surface area contributed by atoms with Gasteiger partial charge < -0.3 is 10.1 Å². The van der Waals surface area contributed by atoms with Crippen molar-refractivity contribution in [3.8, 4) is 5.75 Å². The highest BCUT2D eigenvalue weighted by molar-refractivity contribution is 9.12. The first-order valence-corrected chi connectivity index (χ1v) is 12.1. The summed E-state index contributed by atoms with van der Waals surface area (Å²) in [5.74, 6) is -0.162. The minimum atomic E-state index is -1.08. The topological polar surface area (TPSA) is 76.6 Å². The van der Waals surface area contributed by atoms with E-state index in [4.69, 9.17) is 11.6 Å². The quantitative estimate of drug-likeness (QED) is 0.256. The number of alkyl halides is 2. The third-order valence-corrected chi connectivity index (χ3v) is 8.62. The molecular weight excluding hydrogens is 550 g/mol. The zero-order valence-corrected chi connectivity index (χ0v) is 20.3. The SMILES string of the molecule is C[C@@]12Cc3c([nH]c4ccc(Cl)cc34)[C@@H](c3cccc(O)c3)N1C(=O)N(C(Br)CBr)C2=O. The van der Waals surface area contributed by atoms with Gasteiger partial charge in [0.25, 0.3) is 5.91 Å². The van der Waals surface area contributed by atoms with Crippen molar-refractivity contribution in [3.05, 3.63) is 64.3 Å². The molecule has 31 heavy (non-hydrogen) atoms. The number of imide groups is 1. The Hall–Kier alpha value is -2.03. The molecule has 0 bridgehead atoms. The normalized spacial score (nSPS) is 23.9. The first-order chi connectivity index (χ1) is 14.8. The summed E-state index contributed by atoms with van der Waals surface area (Å²) < 4.78 is 0. The number of urea groups is 1. The molecule has 160 valence electrons. The van der Waals surface area contributed by atoms with Crippen molar-refractivity contribution in [2.45, 2.75) is 29.9 Å². The standard InChI is InChI=1S/C22H18Br2ClN3O3/c1-22-9-15-14-8-12(25)5-6-16(14)26-18(15)19(11-3-2-4-13(29)7-11)28(22)21(31)27(20(22)30)17(24)10-23/h2-8,17,19,26,29H,9-10H2,1H3/t17?,19-,22+/m1/s1. The molecule has 9 heteroatoms. The Labute approximate surface area is 200 Å². The lowest BCUT2D eigenvalue weighted by molar-refractivity contribution is -0.133. The van der Waals surface area contributed by atoms with Crippen LogP contribution in [0.4, 0.5) is 4.79 Å².